The first-order valence-corrected chi connectivity index (χ1v) is 7.13. The SMILES string of the molecule is CSCC[C@@H](N)C(=O)N(C)c1ccc([N+](=O)[O-])cc1. The topological polar surface area (TPSA) is 89.5 Å². The molecule has 1 aromatic carbocycles. The van der Waals surface area contributed by atoms with Crippen molar-refractivity contribution in [1.82, 2.24) is 0 Å². The number of nitro groups is 1. The largest absolute Gasteiger partial charge is 0.320 e. The van der Waals surface area contributed by atoms with E-state index >= 15 is 0 Å². The third-order valence-electron chi connectivity index (χ3n) is 2.73. The summed E-state index contributed by atoms with van der Waals surface area (Å²) >= 11 is 1.63. The molecular formula is C12H17N3O3S. The first-order chi connectivity index (χ1) is 8.97. The molecule has 0 aliphatic heterocycles. The number of benzene rings is 1. The van der Waals surface area contributed by atoms with Crippen molar-refractivity contribution in [2.24, 2.45) is 5.73 Å². The van der Waals surface area contributed by atoms with Crippen LogP contribution in [-0.2, 0) is 4.79 Å². The van der Waals surface area contributed by atoms with Gasteiger partial charge in [0.25, 0.3) is 5.69 Å². The molecule has 0 radical (unpaired) electrons. The zero-order chi connectivity index (χ0) is 14.4. The molecule has 1 amide bonds. The van der Waals surface area contributed by atoms with Crippen LogP contribution in [0.4, 0.5) is 11.4 Å². The van der Waals surface area contributed by atoms with Gasteiger partial charge in [0.1, 0.15) is 0 Å². The highest BCUT2D eigenvalue weighted by Crippen LogP contribution is 2.19. The number of likely N-dealkylation sites (N-methyl/N-ethyl adjacent to an activating group) is 1. The van der Waals surface area contributed by atoms with Crippen LogP contribution in [0.2, 0.25) is 0 Å². The minimum Gasteiger partial charge on any atom is -0.320 e. The molecule has 0 aliphatic carbocycles. The summed E-state index contributed by atoms with van der Waals surface area (Å²) in [5, 5.41) is 10.5. The molecule has 1 atom stereocenters. The molecule has 0 fully saturated rings. The second-order valence-electron chi connectivity index (χ2n) is 4.06. The molecule has 104 valence electrons. The van der Waals surface area contributed by atoms with Crippen LogP contribution < -0.4 is 10.6 Å². The number of amides is 1. The summed E-state index contributed by atoms with van der Waals surface area (Å²) in [7, 11) is 1.61. The maximum Gasteiger partial charge on any atom is 0.269 e. The monoisotopic (exact) mass is 283 g/mol. The molecule has 0 aliphatic rings. The quantitative estimate of drug-likeness (QED) is 0.633. The molecule has 1 aromatic rings. The molecule has 0 saturated heterocycles. The van der Waals surface area contributed by atoms with Gasteiger partial charge in [0.15, 0.2) is 0 Å². The summed E-state index contributed by atoms with van der Waals surface area (Å²) in [6.07, 6.45) is 2.56. The summed E-state index contributed by atoms with van der Waals surface area (Å²) in [5.41, 5.74) is 6.40. The Labute approximate surface area is 116 Å². The van der Waals surface area contributed by atoms with Gasteiger partial charge in [0.2, 0.25) is 5.91 Å². The summed E-state index contributed by atoms with van der Waals surface area (Å²) in [4.78, 5) is 23.5. The van der Waals surface area contributed by atoms with E-state index in [2.05, 4.69) is 0 Å². The van der Waals surface area contributed by atoms with Crippen molar-refractivity contribution in [1.29, 1.82) is 0 Å². The number of hydrogen-bond acceptors (Lipinski definition) is 5. The highest BCUT2D eigenvalue weighted by Gasteiger charge is 2.19. The summed E-state index contributed by atoms with van der Waals surface area (Å²) < 4.78 is 0. The van der Waals surface area contributed by atoms with Crippen molar-refractivity contribution in [2.45, 2.75) is 12.5 Å². The van der Waals surface area contributed by atoms with Gasteiger partial charge in [0.05, 0.1) is 11.0 Å². The number of carbonyl (C=O) groups is 1. The predicted molar refractivity (Wildman–Crippen MR) is 77.5 cm³/mol. The molecule has 1 rings (SSSR count). The summed E-state index contributed by atoms with van der Waals surface area (Å²) in [5.74, 6) is 0.629. The molecule has 19 heavy (non-hydrogen) atoms. The fourth-order valence-electron chi connectivity index (χ4n) is 1.54. The van der Waals surface area contributed by atoms with Crippen LogP contribution in [0.15, 0.2) is 24.3 Å². The summed E-state index contributed by atoms with van der Waals surface area (Å²) in [6, 6.07) is 5.26. The van der Waals surface area contributed by atoms with Crippen molar-refractivity contribution in [3.8, 4) is 0 Å². The van der Waals surface area contributed by atoms with E-state index in [0.29, 0.717) is 12.1 Å². The standard InChI is InChI=1S/C12H17N3O3S/c1-14(12(16)11(13)7-8-19-2)9-3-5-10(6-4-9)15(17)18/h3-6,11H,7-8,13H2,1-2H3/t11-/m1/s1. The van der Waals surface area contributed by atoms with E-state index in [-0.39, 0.29) is 11.6 Å². The lowest BCUT2D eigenvalue weighted by Crippen LogP contribution is -2.42. The van der Waals surface area contributed by atoms with Crippen molar-refractivity contribution >= 4 is 29.0 Å². The average molecular weight is 283 g/mol. The third-order valence-corrected chi connectivity index (χ3v) is 3.37. The molecule has 0 bridgehead atoms. The molecule has 0 saturated carbocycles. The maximum absolute atomic E-state index is 12.0. The lowest BCUT2D eigenvalue weighted by Gasteiger charge is -2.21. The maximum atomic E-state index is 12.0. The van der Waals surface area contributed by atoms with Gasteiger partial charge in [-0.2, -0.15) is 11.8 Å². The number of nitro benzene ring substituents is 1. The van der Waals surface area contributed by atoms with E-state index in [9.17, 15) is 14.9 Å². The number of anilines is 1. The number of carbonyl (C=O) groups excluding carboxylic acids is 1. The van der Waals surface area contributed by atoms with Gasteiger partial charge in [-0.3, -0.25) is 14.9 Å². The number of thioether (sulfide) groups is 1. The Bertz CT molecular complexity index is 450. The number of non-ortho nitro benzene ring substituents is 1. The first kappa shape index (κ1) is 15.5. The van der Waals surface area contributed by atoms with Gasteiger partial charge < -0.3 is 10.6 Å². The Kier molecular flexibility index (Phi) is 5.78. The smallest absolute Gasteiger partial charge is 0.269 e. The Morgan fingerprint density at radius 1 is 1.47 bits per heavy atom. The average Bonchev–Trinajstić information content (AvgIpc) is 2.43. The van der Waals surface area contributed by atoms with Crippen molar-refractivity contribution in [3.63, 3.8) is 0 Å². The van der Waals surface area contributed by atoms with E-state index in [0.717, 1.165) is 5.75 Å². The van der Waals surface area contributed by atoms with E-state index < -0.39 is 11.0 Å². The van der Waals surface area contributed by atoms with Crippen LogP contribution in [0.25, 0.3) is 0 Å². The van der Waals surface area contributed by atoms with E-state index in [1.807, 2.05) is 6.26 Å². The Morgan fingerprint density at radius 3 is 2.53 bits per heavy atom. The minimum absolute atomic E-state index is 0.00344. The molecule has 0 spiro atoms. The van der Waals surface area contributed by atoms with Gasteiger partial charge in [-0.25, -0.2) is 0 Å². The Balaban J connectivity index is 2.73. The Hall–Kier alpha value is -1.60. The van der Waals surface area contributed by atoms with Crippen molar-refractivity contribution in [3.05, 3.63) is 34.4 Å². The first-order valence-electron chi connectivity index (χ1n) is 5.74. The zero-order valence-corrected chi connectivity index (χ0v) is 11.7. The second-order valence-corrected chi connectivity index (χ2v) is 5.04. The predicted octanol–water partition coefficient (Wildman–Crippen LogP) is 1.64. The van der Waals surface area contributed by atoms with Crippen LogP contribution in [0.5, 0.6) is 0 Å². The van der Waals surface area contributed by atoms with Crippen molar-refractivity contribution in [2.75, 3.05) is 24.0 Å². The Morgan fingerprint density at radius 2 is 2.05 bits per heavy atom. The number of rotatable bonds is 6. The lowest BCUT2D eigenvalue weighted by atomic mass is 10.2. The highest BCUT2D eigenvalue weighted by molar-refractivity contribution is 7.98. The molecule has 0 heterocycles. The molecule has 6 nitrogen and oxygen atoms in total. The van der Waals surface area contributed by atoms with Crippen LogP contribution in [0.1, 0.15) is 6.42 Å². The fourth-order valence-corrected chi connectivity index (χ4v) is 2.03. The lowest BCUT2D eigenvalue weighted by molar-refractivity contribution is -0.384. The van der Waals surface area contributed by atoms with E-state index in [4.69, 9.17) is 5.73 Å². The minimum atomic E-state index is -0.548. The normalized spacial score (nSPS) is 11.9. The van der Waals surface area contributed by atoms with Gasteiger partial charge in [-0.15, -0.1) is 0 Å². The second kappa shape index (κ2) is 7.10. The molecule has 2 N–H and O–H groups in total. The zero-order valence-electron chi connectivity index (χ0n) is 10.9. The molecule has 0 aromatic heterocycles. The van der Waals surface area contributed by atoms with Crippen LogP contribution in [-0.4, -0.2) is 35.9 Å². The van der Waals surface area contributed by atoms with Gasteiger partial charge in [0, 0.05) is 24.9 Å². The van der Waals surface area contributed by atoms with Crippen LogP contribution >= 0.6 is 11.8 Å². The van der Waals surface area contributed by atoms with Crippen molar-refractivity contribution < 1.29 is 9.72 Å². The molecule has 7 heteroatoms. The number of nitrogens with two attached hydrogens (primary N) is 1. The van der Waals surface area contributed by atoms with Gasteiger partial charge in [-0.1, -0.05) is 0 Å². The number of hydrogen-bond donors (Lipinski definition) is 1. The third kappa shape index (κ3) is 4.22. The van der Waals surface area contributed by atoms with Crippen LogP contribution in [0, 0.1) is 10.1 Å². The van der Waals surface area contributed by atoms with E-state index in [1.165, 1.54) is 29.2 Å². The highest BCUT2D eigenvalue weighted by atomic mass is 32.2. The summed E-state index contributed by atoms with van der Waals surface area (Å²) in [6.45, 7) is 0. The number of nitrogens with zero attached hydrogens (tertiary/aromatic N) is 2. The van der Waals surface area contributed by atoms with Crippen LogP contribution in [0.3, 0.4) is 0 Å². The van der Waals surface area contributed by atoms with E-state index in [1.54, 1.807) is 18.8 Å². The van der Waals surface area contributed by atoms with Gasteiger partial charge >= 0.3 is 0 Å². The fraction of sp³-hybridized carbons (Fsp3) is 0.417. The molecule has 0 unspecified atom stereocenters. The molecular weight excluding hydrogens is 266 g/mol. The van der Waals surface area contributed by atoms with Gasteiger partial charge in [-0.05, 0) is 30.6 Å².